The number of nitrogens with zero attached hydrogens (tertiary/aromatic N) is 3. The normalized spacial score (nSPS) is 11.4. The van der Waals surface area contributed by atoms with Crippen LogP contribution in [0.3, 0.4) is 0 Å². The minimum atomic E-state index is -0.341. The first-order chi connectivity index (χ1) is 16.1. The summed E-state index contributed by atoms with van der Waals surface area (Å²) in [5.74, 6) is -0.341. The summed E-state index contributed by atoms with van der Waals surface area (Å²) in [5, 5.41) is 13.5. The summed E-state index contributed by atoms with van der Waals surface area (Å²) in [4.78, 5) is 17.0. The van der Waals surface area contributed by atoms with E-state index in [-0.39, 0.29) is 11.5 Å². The van der Waals surface area contributed by atoms with Gasteiger partial charge in [0.05, 0.1) is 5.52 Å². The van der Waals surface area contributed by atoms with Crippen molar-refractivity contribution in [3.63, 3.8) is 0 Å². The van der Waals surface area contributed by atoms with Crippen molar-refractivity contribution >= 4 is 22.9 Å². The number of hydrogen-bond acceptors (Lipinski definition) is 3. The molecule has 2 aromatic heterocycles. The second-order valence-corrected chi connectivity index (χ2v) is 8.06. The second-order valence-electron chi connectivity index (χ2n) is 8.06. The van der Waals surface area contributed by atoms with Gasteiger partial charge >= 0.3 is 0 Å². The van der Waals surface area contributed by atoms with Crippen LogP contribution in [0.2, 0.25) is 0 Å². The number of hydrogen-bond donors (Lipinski definition) is 1. The highest BCUT2D eigenvalue weighted by molar-refractivity contribution is 6.01. The zero-order valence-electron chi connectivity index (χ0n) is 18.9. The van der Waals surface area contributed by atoms with Crippen LogP contribution in [0.1, 0.15) is 28.9 Å². The molecule has 5 nitrogen and oxygen atoms in total. The van der Waals surface area contributed by atoms with Gasteiger partial charge in [0.2, 0.25) is 0 Å². The number of pyridine rings is 1. The fourth-order valence-corrected chi connectivity index (χ4v) is 4.07. The molecule has 5 heteroatoms. The Morgan fingerprint density at radius 1 is 1.09 bits per heavy atom. The molecule has 0 aliphatic carbocycles. The number of carbonyl (C=O) groups excluding carboxylic acids is 1. The molecule has 0 spiro atoms. The highest BCUT2D eigenvalue weighted by Crippen LogP contribution is 2.25. The summed E-state index contributed by atoms with van der Waals surface area (Å²) in [6, 6.07) is 24.3. The Bertz CT molecular complexity index is 1360. The number of nitriles is 1. The predicted molar refractivity (Wildman–Crippen MR) is 132 cm³/mol. The minimum absolute atomic E-state index is 0.109. The number of rotatable bonds is 7. The zero-order valence-corrected chi connectivity index (χ0v) is 18.9. The van der Waals surface area contributed by atoms with E-state index in [1.54, 1.807) is 12.3 Å². The number of nitrogens with one attached hydrogen (secondary N) is 1. The number of carbonyl (C=O) groups is 1. The van der Waals surface area contributed by atoms with E-state index < -0.39 is 0 Å². The third-order valence-corrected chi connectivity index (χ3v) is 5.75. The maximum atomic E-state index is 12.6. The summed E-state index contributed by atoms with van der Waals surface area (Å²) in [7, 11) is 0. The van der Waals surface area contributed by atoms with Crippen LogP contribution >= 0.6 is 0 Å². The Balaban J connectivity index is 1.49. The lowest BCUT2D eigenvalue weighted by molar-refractivity contribution is -0.117. The molecule has 2 aromatic carbocycles. The first-order valence-corrected chi connectivity index (χ1v) is 11.0. The Hall–Kier alpha value is -4.17. The maximum Gasteiger partial charge on any atom is 0.261 e. The fraction of sp³-hybridized carbons (Fsp3) is 0.179. The van der Waals surface area contributed by atoms with Crippen LogP contribution in [-0.4, -0.2) is 22.0 Å². The van der Waals surface area contributed by atoms with Gasteiger partial charge in [0.1, 0.15) is 11.6 Å². The fourth-order valence-electron chi connectivity index (χ4n) is 4.07. The molecule has 4 rings (SSSR count). The molecule has 0 aliphatic heterocycles. The number of fused-ring (bicyclic) bond motifs is 1. The van der Waals surface area contributed by atoms with E-state index in [1.165, 1.54) is 5.56 Å². The average molecular weight is 435 g/mol. The van der Waals surface area contributed by atoms with E-state index in [4.69, 9.17) is 0 Å². The van der Waals surface area contributed by atoms with E-state index >= 15 is 0 Å². The molecule has 0 fully saturated rings. The Kier molecular flexibility index (Phi) is 6.66. The molecule has 2 heterocycles. The third kappa shape index (κ3) is 5.02. The quantitative estimate of drug-likeness (QED) is 0.244. The van der Waals surface area contributed by atoms with Crippen molar-refractivity contribution in [1.29, 1.82) is 5.26 Å². The summed E-state index contributed by atoms with van der Waals surface area (Å²) >= 11 is 0. The average Bonchev–Trinajstić information content (AvgIpc) is 3.12. The van der Waals surface area contributed by atoms with Crippen molar-refractivity contribution < 1.29 is 4.79 Å². The van der Waals surface area contributed by atoms with Crippen molar-refractivity contribution in [2.45, 2.75) is 26.7 Å². The molecule has 1 amide bonds. The predicted octanol–water partition coefficient (Wildman–Crippen LogP) is 5.30. The van der Waals surface area contributed by atoms with Gasteiger partial charge in [0.25, 0.3) is 5.91 Å². The lowest BCUT2D eigenvalue weighted by atomic mass is 10.1. The molecule has 164 valence electrons. The highest BCUT2D eigenvalue weighted by atomic mass is 16.1. The number of aromatic nitrogens is 2. The molecular weight excluding hydrogens is 408 g/mol. The molecule has 0 aliphatic rings. The van der Waals surface area contributed by atoms with Gasteiger partial charge in [0, 0.05) is 35.2 Å². The van der Waals surface area contributed by atoms with Crippen LogP contribution in [0.5, 0.6) is 0 Å². The second kappa shape index (κ2) is 9.97. The van der Waals surface area contributed by atoms with Gasteiger partial charge in [0.15, 0.2) is 0 Å². The van der Waals surface area contributed by atoms with E-state index in [2.05, 4.69) is 39.1 Å². The Morgan fingerprint density at radius 3 is 2.70 bits per heavy atom. The summed E-state index contributed by atoms with van der Waals surface area (Å²) < 4.78 is 2.13. The van der Waals surface area contributed by atoms with Crippen LogP contribution in [-0.2, 0) is 11.2 Å². The molecule has 0 unspecified atom stereocenters. The van der Waals surface area contributed by atoms with E-state index in [0.29, 0.717) is 6.54 Å². The number of aryl methyl sites for hydroxylation is 2. The maximum absolute atomic E-state index is 12.6. The Morgan fingerprint density at radius 2 is 1.91 bits per heavy atom. The standard InChI is InChI=1S/C28H26N4O/c1-20-16-24(21(2)32(20)26-12-13-27-23(18-26)11-7-14-30-27)17-25(19-29)28(33)31-15-6-10-22-8-4-3-5-9-22/h3-5,7-9,11-14,16-18H,6,10,15H2,1-2H3,(H,31,33)/b25-17-. The summed E-state index contributed by atoms with van der Waals surface area (Å²) in [6.07, 6.45) is 5.16. The van der Waals surface area contributed by atoms with E-state index in [9.17, 15) is 10.1 Å². The first-order valence-electron chi connectivity index (χ1n) is 11.0. The molecule has 0 atom stereocenters. The largest absolute Gasteiger partial charge is 0.351 e. The smallest absolute Gasteiger partial charge is 0.261 e. The summed E-state index contributed by atoms with van der Waals surface area (Å²) in [6.45, 7) is 4.55. The zero-order chi connectivity index (χ0) is 23.2. The molecule has 4 aromatic rings. The van der Waals surface area contributed by atoms with Crippen molar-refractivity contribution in [3.05, 3.63) is 101 Å². The van der Waals surface area contributed by atoms with Gasteiger partial charge in [-0.15, -0.1) is 0 Å². The van der Waals surface area contributed by atoms with Gasteiger partial charge in [-0.2, -0.15) is 5.26 Å². The number of amides is 1. The van der Waals surface area contributed by atoms with Gasteiger partial charge in [-0.05, 0) is 74.2 Å². The molecule has 0 saturated heterocycles. The van der Waals surface area contributed by atoms with Crippen molar-refractivity contribution in [2.75, 3.05) is 6.54 Å². The lowest BCUT2D eigenvalue weighted by Crippen LogP contribution is -2.25. The van der Waals surface area contributed by atoms with Crippen LogP contribution in [0.15, 0.2) is 78.5 Å². The number of benzene rings is 2. The lowest BCUT2D eigenvalue weighted by Gasteiger charge is -2.11. The Labute approximate surface area is 194 Å². The minimum Gasteiger partial charge on any atom is -0.351 e. The topological polar surface area (TPSA) is 70.7 Å². The van der Waals surface area contributed by atoms with Crippen molar-refractivity contribution in [3.8, 4) is 11.8 Å². The molecule has 0 saturated carbocycles. The molecule has 0 bridgehead atoms. The van der Waals surface area contributed by atoms with Crippen LogP contribution in [0.25, 0.3) is 22.7 Å². The molecular formula is C28H26N4O. The van der Waals surface area contributed by atoms with Gasteiger partial charge in [-0.1, -0.05) is 36.4 Å². The first kappa shape index (κ1) is 22.0. The summed E-state index contributed by atoms with van der Waals surface area (Å²) in [5.41, 5.74) is 6.17. The molecule has 1 N–H and O–H groups in total. The van der Waals surface area contributed by atoms with Crippen molar-refractivity contribution in [2.24, 2.45) is 0 Å². The van der Waals surface area contributed by atoms with Gasteiger partial charge in [-0.25, -0.2) is 0 Å². The van der Waals surface area contributed by atoms with Gasteiger partial charge in [-0.3, -0.25) is 9.78 Å². The molecule has 33 heavy (non-hydrogen) atoms. The van der Waals surface area contributed by atoms with E-state index in [1.807, 2.05) is 62.4 Å². The van der Waals surface area contributed by atoms with E-state index in [0.717, 1.165) is 46.4 Å². The monoisotopic (exact) mass is 434 g/mol. The van der Waals surface area contributed by atoms with Crippen molar-refractivity contribution in [1.82, 2.24) is 14.9 Å². The third-order valence-electron chi connectivity index (χ3n) is 5.75. The SMILES string of the molecule is Cc1cc(/C=C(/C#N)C(=O)NCCCc2ccccc2)c(C)n1-c1ccc2ncccc2c1. The molecule has 0 radical (unpaired) electrons. The highest BCUT2D eigenvalue weighted by Gasteiger charge is 2.14. The van der Waals surface area contributed by atoms with Crippen LogP contribution < -0.4 is 5.32 Å². The van der Waals surface area contributed by atoms with Crippen LogP contribution in [0, 0.1) is 25.2 Å². The van der Waals surface area contributed by atoms with Crippen LogP contribution in [0.4, 0.5) is 0 Å². The van der Waals surface area contributed by atoms with Gasteiger partial charge < -0.3 is 9.88 Å².